The molecule has 130 valence electrons. The van der Waals surface area contributed by atoms with Gasteiger partial charge in [0.05, 0.1) is 5.69 Å². The summed E-state index contributed by atoms with van der Waals surface area (Å²) in [6.45, 7) is 4.91. The van der Waals surface area contributed by atoms with Crippen molar-refractivity contribution in [3.63, 3.8) is 0 Å². The van der Waals surface area contributed by atoms with Gasteiger partial charge in [0.1, 0.15) is 5.82 Å². The molecule has 2 saturated heterocycles. The lowest BCUT2D eigenvalue weighted by Crippen LogP contribution is -2.49. The molecule has 2 heterocycles. The van der Waals surface area contributed by atoms with E-state index in [1.165, 1.54) is 31.9 Å². The van der Waals surface area contributed by atoms with Gasteiger partial charge in [-0.15, -0.1) is 0 Å². The lowest BCUT2D eigenvalue weighted by molar-refractivity contribution is -0.131. The third-order valence-corrected chi connectivity index (χ3v) is 5.96. The van der Waals surface area contributed by atoms with Gasteiger partial charge in [0.2, 0.25) is 5.91 Å². The number of carbonyl (C=O) groups excluding carboxylic acids is 1. The van der Waals surface area contributed by atoms with Crippen molar-refractivity contribution >= 4 is 11.6 Å². The summed E-state index contributed by atoms with van der Waals surface area (Å²) < 4.78 is 13.9. The van der Waals surface area contributed by atoms with E-state index in [0.29, 0.717) is 38.3 Å². The molecule has 0 N–H and O–H groups in total. The molecule has 2 atom stereocenters. The summed E-state index contributed by atoms with van der Waals surface area (Å²) in [6.07, 6.45) is 4.67. The first-order valence-electron chi connectivity index (χ1n) is 9.22. The number of hydrogen-bond acceptors (Lipinski definition) is 3. The fourth-order valence-corrected chi connectivity index (χ4v) is 4.60. The van der Waals surface area contributed by atoms with E-state index >= 15 is 0 Å². The van der Waals surface area contributed by atoms with Gasteiger partial charge >= 0.3 is 0 Å². The highest BCUT2D eigenvalue weighted by Crippen LogP contribution is 2.37. The van der Waals surface area contributed by atoms with E-state index < -0.39 is 0 Å². The number of nitrogens with zero attached hydrogens (tertiary/aromatic N) is 3. The number of carbonyl (C=O) groups is 1. The average Bonchev–Trinajstić information content (AvgIpc) is 3.23. The Morgan fingerprint density at radius 3 is 2.58 bits per heavy atom. The first-order valence-corrected chi connectivity index (χ1v) is 9.22. The summed E-state index contributed by atoms with van der Waals surface area (Å²) in [5.74, 6) is 0.960. The fraction of sp³-hybridized carbons (Fsp3) is 0.632. The first-order chi connectivity index (χ1) is 11.7. The smallest absolute Gasteiger partial charge is 0.223 e. The van der Waals surface area contributed by atoms with Gasteiger partial charge in [-0.25, -0.2) is 4.39 Å². The number of para-hydroxylation sites is 1. The maximum absolute atomic E-state index is 13.9. The topological polar surface area (TPSA) is 26.8 Å². The summed E-state index contributed by atoms with van der Waals surface area (Å²) in [6, 6.07) is 7.62. The van der Waals surface area contributed by atoms with Crippen molar-refractivity contribution in [2.45, 2.75) is 31.7 Å². The molecule has 1 saturated carbocycles. The maximum atomic E-state index is 13.9. The van der Waals surface area contributed by atoms with Gasteiger partial charge in [0.15, 0.2) is 0 Å². The number of anilines is 1. The second-order valence-electron chi connectivity index (χ2n) is 7.40. The third-order valence-electron chi connectivity index (χ3n) is 5.96. The Kier molecular flexibility index (Phi) is 4.44. The summed E-state index contributed by atoms with van der Waals surface area (Å²) >= 11 is 0. The second-order valence-corrected chi connectivity index (χ2v) is 7.40. The molecule has 4 nitrogen and oxygen atoms in total. The number of hydrogen-bond donors (Lipinski definition) is 0. The molecular formula is C19H26FN3O. The van der Waals surface area contributed by atoms with Crippen LogP contribution in [0.1, 0.15) is 25.7 Å². The summed E-state index contributed by atoms with van der Waals surface area (Å²) in [5.41, 5.74) is 0.651. The Morgan fingerprint density at radius 1 is 1.12 bits per heavy atom. The van der Waals surface area contributed by atoms with Gasteiger partial charge < -0.3 is 9.80 Å². The fourth-order valence-electron chi connectivity index (χ4n) is 4.60. The largest absolute Gasteiger partial charge is 0.366 e. The number of likely N-dealkylation sites (tertiary alicyclic amines) is 1. The van der Waals surface area contributed by atoms with Crippen LogP contribution in [0.4, 0.5) is 10.1 Å². The van der Waals surface area contributed by atoms with Crippen molar-refractivity contribution < 1.29 is 9.18 Å². The lowest BCUT2D eigenvalue weighted by Gasteiger charge is -2.36. The zero-order chi connectivity index (χ0) is 16.5. The molecule has 3 aliphatic rings. The van der Waals surface area contributed by atoms with Crippen LogP contribution >= 0.6 is 0 Å². The molecule has 1 amide bonds. The van der Waals surface area contributed by atoms with Crippen LogP contribution in [0.15, 0.2) is 24.3 Å². The Labute approximate surface area is 143 Å². The van der Waals surface area contributed by atoms with Crippen LogP contribution in [0.3, 0.4) is 0 Å². The van der Waals surface area contributed by atoms with Crippen molar-refractivity contribution in [2.24, 2.45) is 5.92 Å². The van der Waals surface area contributed by atoms with E-state index in [1.54, 1.807) is 6.07 Å². The minimum absolute atomic E-state index is 0.179. The van der Waals surface area contributed by atoms with E-state index in [1.807, 2.05) is 21.9 Å². The third kappa shape index (κ3) is 3.14. The van der Waals surface area contributed by atoms with Crippen LogP contribution < -0.4 is 4.90 Å². The van der Waals surface area contributed by atoms with Crippen LogP contribution in [-0.2, 0) is 4.79 Å². The quantitative estimate of drug-likeness (QED) is 0.847. The van der Waals surface area contributed by atoms with Crippen LogP contribution in [0.5, 0.6) is 0 Å². The predicted molar refractivity (Wildman–Crippen MR) is 92.5 cm³/mol. The van der Waals surface area contributed by atoms with E-state index in [2.05, 4.69) is 4.90 Å². The summed E-state index contributed by atoms with van der Waals surface area (Å²) in [4.78, 5) is 19.0. The normalized spacial score (nSPS) is 27.0. The lowest BCUT2D eigenvalue weighted by atomic mass is 10.1. The molecule has 0 aromatic heterocycles. The van der Waals surface area contributed by atoms with Crippen LogP contribution in [0.25, 0.3) is 0 Å². The van der Waals surface area contributed by atoms with E-state index in [9.17, 15) is 9.18 Å². The van der Waals surface area contributed by atoms with Crippen molar-refractivity contribution in [1.29, 1.82) is 0 Å². The van der Waals surface area contributed by atoms with Gasteiger partial charge in [-0.2, -0.15) is 0 Å². The zero-order valence-corrected chi connectivity index (χ0v) is 14.2. The molecule has 1 aromatic rings. The Morgan fingerprint density at radius 2 is 1.92 bits per heavy atom. The molecule has 1 aromatic carbocycles. The Bertz CT molecular complexity index is 600. The number of halogens is 1. The highest BCUT2D eigenvalue weighted by Gasteiger charge is 2.37. The monoisotopic (exact) mass is 331 g/mol. The average molecular weight is 331 g/mol. The van der Waals surface area contributed by atoms with Crippen molar-refractivity contribution in [3.05, 3.63) is 30.1 Å². The summed E-state index contributed by atoms with van der Waals surface area (Å²) in [5, 5.41) is 0. The number of fused-ring (bicyclic) bond motifs is 2. The number of piperazine rings is 1. The van der Waals surface area contributed by atoms with Crippen molar-refractivity contribution in [1.82, 2.24) is 9.80 Å². The van der Waals surface area contributed by atoms with E-state index in [-0.39, 0.29) is 11.7 Å². The van der Waals surface area contributed by atoms with Gasteiger partial charge in [-0.1, -0.05) is 12.1 Å². The molecule has 2 bridgehead atoms. The maximum Gasteiger partial charge on any atom is 0.223 e. The second kappa shape index (κ2) is 6.71. The minimum Gasteiger partial charge on any atom is -0.366 e. The SMILES string of the molecule is O=C(CCN1C[C@@H]2CC[C@@H]1C2)N1CCN(c2ccccc2F)CC1. The Balaban J connectivity index is 1.25. The Hall–Kier alpha value is -1.62. The van der Waals surface area contributed by atoms with Crippen LogP contribution in [-0.4, -0.2) is 61.0 Å². The molecule has 5 heteroatoms. The van der Waals surface area contributed by atoms with E-state index in [4.69, 9.17) is 0 Å². The number of benzene rings is 1. The van der Waals surface area contributed by atoms with Crippen molar-refractivity contribution in [2.75, 3.05) is 44.2 Å². The van der Waals surface area contributed by atoms with Crippen LogP contribution in [0, 0.1) is 11.7 Å². The molecular weight excluding hydrogens is 305 g/mol. The molecule has 0 radical (unpaired) electrons. The molecule has 4 rings (SSSR count). The van der Waals surface area contributed by atoms with Gasteiger partial charge in [-0.3, -0.25) is 9.69 Å². The van der Waals surface area contributed by atoms with Crippen LogP contribution in [0.2, 0.25) is 0 Å². The highest BCUT2D eigenvalue weighted by molar-refractivity contribution is 5.76. The highest BCUT2D eigenvalue weighted by atomic mass is 19.1. The molecule has 0 unspecified atom stereocenters. The number of piperidine rings is 1. The minimum atomic E-state index is -0.179. The molecule has 1 aliphatic carbocycles. The first kappa shape index (κ1) is 15.9. The summed E-state index contributed by atoms with van der Waals surface area (Å²) in [7, 11) is 0. The number of amides is 1. The van der Waals surface area contributed by atoms with Gasteiger partial charge in [0, 0.05) is 51.7 Å². The van der Waals surface area contributed by atoms with Gasteiger partial charge in [0.25, 0.3) is 0 Å². The standard InChI is InChI=1S/C19H26FN3O/c20-17-3-1-2-4-18(17)21-9-11-22(12-10-21)19(24)7-8-23-14-15-5-6-16(23)13-15/h1-4,15-16H,5-14H2/t15-,16-/m1/s1. The molecule has 2 aliphatic heterocycles. The van der Waals surface area contributed by atoms with Gasteiger partial charge in [-0.05, 0) is 37.3 Å². The van der Waals surface area contributed by atoms with E-state index in [0.717, 1.165) is 18.5 Å². The number of rotatable bonds is 4. The molecule has 3 fully saturated rings. The predicted octanol–water partition coefficient (Wildman–Crippen LogP) is 2.35. The molecule has 0 spiro atoms. The zero-order valence-electron chi connectivity index (χ0n) is 14.2. The molecule has 24 heavy (non-hydrogen) atoms. The van der Waals surface area contributed by atoms with Crippen molar-refractivity contribution in [3.8, 4) is 0 Å².